The van der Waals surface area contributed by atoms with E-state index in [1.54, 1.807) is 16.9 Å². The fraction of sp³-hybridized carbons (Fsp3) is 0.125. The zero-order valence-electron chi connectivity index (χ0n) is 11.9. The summed E-state index contributed by atoms with van der Waals surface area (Å²) in [6, 6.07) is 9.39. The lowest BCUT2D eigenvalue weighted by atomic mass is 10.2. The Bertz CT molecular complexity index is 778. The van der Waals surface area contributed by atoms with Crippen LogP contribution < -0.4 is 5.32 Å². The van der Waals surface area contributed by atoms with E-state index < -0.39 is 0 Å². The lowest BCUT2D eigenvalue weighted by molar-refractivity contribution is 0.102. The molecule has 4 nitrogen and oxygen atoms in total. The summed E-state index contributed by atoms with van der Waals surface area (Å²) in [5.41, 5.74) is 2.65. The predicted molar refractivity (Wildman–Crippen MR) is 89.8 cm³/mol. The molecule has 2 aromatic heterocycles. The molecular formula is C16H14ClN3OS. The largest absolute Gasteiger partial charge is 0.307 e. The van der Waals surface area contributed by atoms with Crippen molar-refractivity contribution in [1.29, 1.82) is 0 Å². The van der Waals surface area contributed by atoms with Crippen molar-refractivity contribution >= 4 is 34.7 Å². The van der Waals surface area contributed by atoms with E-state index in [0.29, 0.717) is 22.9 Å². The Morgan fingerprint density at radius 2 is 2.09 bits per heavy atom. The molecule has 0 aliphatic carbocycles. The first kappa shape index (κ1) is 14.8. The maximum absolute atomic E-state index is 12.2. The second-order valence-corrected chi connectivity index (χ2v) is 6.14. The van der Waals surface area contributed by atoms with Gasteiger partial charge in [-0.25, -0.2) is 4.68 Å². The number of carbonyl (C=O) groups is 1. The van der Waals surface area contributed by atoms with Gasteiger partial charge in [0.1, 0.15) is 5.82 Å². The number of thiophene rings is 1. The van der Waals surface area contributed by atoms with E-state index in [-0.39, 0.29) is 5.91 Å². The van der Waals surface area contributed by atoms with Crippen LogP contribution in [0.2, 0.25) is 5.02 Å². The molecule has 0 fully saturated rings. The molecular weight excluding hydrogens is 318 g/mol. The van der Waals surface area contributed by atoms with Gasteiger partial charge >= 0.3 is 0 Å². The van der Waals surface area contributed by atoms with E-state index >= 15 is 0 Å². The number of aromatic nitrogens is 2. The van der Waals surface area contributed by atoms with E-state index in [9.17, 15) is 4.79 Å². The second kappa shape index (κ2) is 6.34. The number of nitrogens with zero attached hydrogens (tertiary/aromatic N) is 2. The van der Waals surface area contributed by atoms with Gasteiger partial charge < -0.3 is 5.32 Å². The Balaban J connectivity index is 1.81. The minimum absolute atomic E-state index is 0.123. The van der Waals surface area contributed by atoms with E-state index in [1.807, 2.05) is 41.9 Å². The third-order valence-corrected chi connectivity index (χ3v) is 4.22. The van der Waals surface area contributed by atoms with Crippen LogP contribution in [0.5, 0.6) is 0 Å². The number of anilines is 1. The summed E-state index contributed by atoms with van der Waals surface area (Å²) in [7, 11) is 0. The normalized spacial score (nSPS) is 10.6. The van der Waals surface area contributed by atoms with Crippen LogP contribution in [0.25, 0.3) is 0 Å². The van der Waals surface area contributed by atoms with E-state index in [4.69, 9.17) is 11.6 Å². The molecule has 2 heterocycles. The zero-order chi connectivity index (χ0) is 15.5. The van der Waals surface area contributed by atoms with Crippen LogP contribution in [0.4, 0.5) is 5.82 Å². The Hall–Kier alpha value is -2.11. The van der Waals surface area contributed by atoms with Crippen molar-refractivity contribution in [3.8, 4) is 0 Å². The van der Waals surface area contributed by atoms with Crippen molar-refractivity contribution < 1.29 is 4.79 Å². The highest BCUT2D eigenvalue weighted by Crippen LogP contribution is 2.18. The first-order chi connectivity index (χ1) is 10.6. The molecule has 22 heavy (non-hydrogen) atoms. The minimum Gasteiger partial charge on any atom is -0.307 e. The molecule has 1 N–H and O–H groups in total. The Kier molecular flexibility index (Phi) is 4.27. The summed E-state index contributed by atoms with van der Waals surface area (Å²) in [5.74, 6) is 0.591. The van der Waals surface area contributed by atoms with Gasteiger partial charge in [0.05, 0.1) is 18.3 Å². The highest BCUT2D eigenvalue weighted by atomic mass is 35.5. The molecule has 0 atom stereocenters. The van der Waals surface area contributed by atoms with Crippen LogP contribution in [0.3, 0.4) is 0 Å². The standard InChI is InChI=1S/C16H14ClN3OS/c1-11-8-18-20(9-12-2-4-14(17)5-3-12)15(11)19-16(21)13-6-7-22-10-13/h2-8,10H,9H2,1H3,(H,19,21). The maximum atomic E-state index is 12.2. The van der Waals surface area contributed by atoms with Gasteiger partial charge in [-0.15, -0.1) is 0 Å². The molecule has 0 aliphatic rings. The first-order valence-corrected chi connectivity index (χ1v) is 8.06. The average molecular weight is 332 g/mol. The smallest absolute Gasteiger partial charge is 0.257 e. The van der Waals surface area contributed by atoms with Crippen molar-refractivity contribution in [3.05, 3.63) is 69.0 Å². The number of carbonyl (C=O) groups excluding carboxylic acids is 1. The quantitative estimate of drug-likeness (QED) is 0.778. The number of aryl methyl sites for hydroxylation is 1. The number of nitrogens with one attached hydrogen (secondary N) is 1. The number of hydrogen-bond donors (Lipinski definition) is 1. The molecule has 3 rings (SSSR count). The van der Waals surface area contributed by atoms with Crippen LogP contribution in [0.15, 0.2) is 47.3 Å². The summed E-state index contributed by atoms with van der Waals surface area (Å²) in [6.07, 6.45) is 1.75. The van der Waals surface area contributed by atoms with Gasteiger partial charge in [0, 0.05) is 16.0 Å². The Morgan fingerprint density at radius 3 is 2.77 bits per heavy atom. The van der Waals surface area contributed by atoms with E-state index in [1.165, 1.54) is 11.3 Å². The summed E-state index contributed by atoms with van der Waals surface area (Å²) < 4.78 is 1.78. The number of benzene rings is 1. The molecule has 1 aromatic carbocycles. The molecule has 0 radical (unpaired) electrons. The Morgan fingerprint density at radius 1 is 1.32 bits per heavy atom. The molecule has 0 saturated heterocycles. The van der Waals surface area contributed by atoms with Crippen LogP contribution in [0.1, 0.15) is 21.5 Å². The number of halogens is 1. The highest BCUT2D eigenvalue weighted by molar-refractivity contribution is 7.08. The molecule has 3 aromatic rings. The molecule has 1 amide bonds. The van der Waals surface area contributed by atoms with E-state index in [0.717, 1.165) is 11.1 Å². The van der Waals surface area contributed by atoms with Crippen molar-refractivity contribution in [1.82, 2.24) is 9.78 Å². The molecule has 0 spiro atoms. The Labute approximate surface area is 137 Å². The third-order valence-electron chi connectivity index (χ3n) is 3.28. The molecule has 6 heteroatoms. The van der Waals surface area contributed by atoms with Crippen molar-refractivity contribution in [2.24, 2.45) is 0 Å². The van der Waals surface area contributed by atoms with Crippen LogP contribution >= 0.6 is 22.9 Å². The van der Waals surface area contributed by atoms with E-state index in [2.05, 4.69) is 10.4 Å². The first-order valence-electron chi connectivity index (χ1n) is 6.74. The number of rotatable bonds is 4. The van der Waals surface area contributed by atoms with Crippen molar-refractivity contribution in [2.75, 3.05) is 5.32 Å². The van der Waals surface area contributed by atoms with Gasteiger partial charge in [0.25, 0.3) is 5.91 Å². The average Bonchev–Trinajstić information content (AvgIpc) is 3.14. The summed E-state index contributed by atoms with van der Waals surface area (Å²) in [4.78, 5) is 12.2. The van der Waals surface area contributed by atoms with Gasteiger partial charge in [0.2, 0.25) is 0 Å². The second-order valence-electron chi connectivity index (χ2n) is 4.93. The SMILES string of the molecule is Cc1cnn(Cc2ccc(Cl)cc2)c1NC(=O)c1ccsc1. The van der Waals surface area contributed by atoms with Gasteiger partial charge in [-0.3, -0.25) is 4.79 Å². The monoisotopic (exact) mass is 331 g/mol. The van der Waals surface area contributed by atoms with Gasteiger partial charge in [-0.1, -0.05) is 23.7 Å². The maximum Gasteiger partial charge on any atom is 0.257 e. The van der Waals surface area contributed by atoms with Gasteiger partial charge in [-0.05, 0) is 36.1 Å². The van der Waals surface area contributed by atoms with Crippen molar-refractivity contribution in [3.63, 3.8) is 0 Å². The molecule has 0 saturated carbocycles. The fourth-order valence-electron chi connectivity index (χ4n) is 2.10. The topological polar surface area (TPSA) is 46.9 Å². The summed E-state index contributed by atoms with van der Waals surface area (Å²) >= 11 is 7.39. The van der Waals surface area contributed by atoms with Crippen LogP contribution in [-0.4, -0.2) is 15.7 Å². The predicted octanol–water partition coefficient (Wildman–Crippen LogP) is 4.21. The lowest BCUT2D eigenvalue weighted by Gasteiger charge is -2.10. The molecule has 0 bridgehead atoms. The molecule has 0 unspecified atom stereocenters. The van der Waals surface area contributed by atoms with Gasteiger partial charge in [-0.2, -0.15) is 16.4 Å². The van der Waals surface area contributed by atoms with Crippen molar-refractivity contribution in [2.45, 2.75) is 13.5 Å². The molecule has 112 valence electrons. The summed E-state index contributed by atoms with van der Waals surface area (Å²) in [6.45, 7) is 2.50. The fourth-order valence-corrected chi connectivity index (χ4v) is 2.86. The highest BCUT2D eigenvalue weighted by Gasteiger charge is 2.13. The lowest BCUT2D eigenvalue weighted by Crippen LogP contribution is -2.16. The van der Waals surface area contributed by atoms with Crippen LogP contribution in [0, 0.1) is 6.92 Å². The van der Waals surface area contributed by atoms with Gasteiger partial charge in [0.15, 0.2) is 0 Å². The summed E-state index contributed by atoms with van der Waals surface area (Å²) in [5, 5.41) is 11.7. The molecule has 0 aliphatic heterocycles. The van der Waals surface area contributed by atoms with Crippen LogP contribution in [-0.2, 0) is 6.54 Å². The zero-order valence-corrected chi connectivity index (χ0v) is 13.5. The number of hydrogen-bond acceptors (Lipinski definition) is 3. The third kappa shape index (κ3) is 3.21. The minimum atomic E-state index is -0.123. The number of amides is 1.